The molecule has 25 heavy (non-hydrogen) atoms. The fourth-order valence-electron chi connectivity index (χ4n) is 3.30. The van der Waals surface area contributed by atoms with Gasteiger partial charge in [-0.25, -0.2) is 14.8 Å². The quantitative estimate of drug-likeness (QED) is 0.819. The summed E-state index contributed by atoms with van der Waals surface area (Å²) in [4.78, 5) is 25.1. The molecule has 7 nitrogen and oxygen atoms in total. The highest BCUT2D eigenvalue weighted by Gasteiger charge is 2.31. The monoisotopic (exact) mass is 348 g/mol. The van der Waals surface area contributed by atoms with Crippen molar-refractivity contribution in [3.63, 3.8) is 0 Å². The van der Waals surface area contributed by atoms with E-state index >= 15 is 0 Å². The largest absolute Gasteiger partial charge is 0.444 e. The summed E-state index contributed by atoms with van der Waals surface area (Å²) in [6, 6.07) is 2.18. The molecule has 2 fully saturated rings. The number of hydrogen-bond donors (Lipinski definition) is 0. The molecule has 0 saturated carbocycles. The number of amides is 1. The van der Waals surface area contributed by atoms with Gasteiger partial charge in [-0.1, -0.05) is 0 Å². The molecule has 1 aromatic rings. The highest BCUT2D eigenvalue weighted by Crippen LogP contribution is 2.29. The minimum absolute atomic E-state index is 0.0834. The first-order valence-corrected chi connectivity index (χ1v) is 9.01. The highest BCUT2D eigenvalue weighted by atomic mass is 16.6. The first-order valence-electron chi connectivity index (χ1n) is 9.01. The third-order valence-corrected chi connectivity index (χ3v) is 4.51. The van der Waals surface area contributed by atoms with Crippen LogP contribution in [0.5, 0.6) is 0 Å². The highest BCUT2D eigenvalue weighted by molar-refractivity contribution is 5.68. The molecular weight excluding hydrogens is 320 g/mol. The Labute approximate surface area is 149 Å². The smallest absolute Gasteiger partial charge is 0.410 e. The van der Waals surface area contributed by atoms with Crippen molar-refractivity contribution in [2.24, 2.45) is 0 Å². The van der Waals surface area contributed by atoms with Crippen molar-refractivity contribution >= 4 is 11.9 Å². The maximum Gasteiger partial charge on any atom is 0.410 e. The zero-order valence-corrected chi connectivity index (χ0v) is 15.6. The van der Waals surface area contributed by atoms with Gasteiger partial charge in [0.25, 0.3) is 0 Å². The Bertz CT molecular complexity index is 611. The van der Waals surface area contributed by atoms with E-state index in [4.69, 9.17) is 9.47 Å². The van der Waals surface area contributed by atoms with Crippen molar-refractivity contribution in [2.45, 2.75) is 58.3 Å². The SMILES string of the molecule is C[C@H]1CN(C(=O)OC(C)(C)C)CCN1c1cc(C2CCCO2)ncn1. The molecule has 1 unspecified atom stereocenters. The van der Waals surface area contributed by atoms with Crippen LogP contribution in [-0.4, -0.2) is 58.8 Å². The van der Waals surface area contributed by atoms with Gasteiger partial charge in [0.05, 0.1) is 11.8 Å². The summed E-state index contributed by atoms with van der Waals surface area (Å²) < 4.78 is 11.2. The second kappa shape index (κ2) is 7.15. The third-order valence-electron chi connectivity index (χ3n) is 4.51. The summed E-state index contributed by atoms with van der Waals surface area (Å²) in [6.45, 7) is 10.5. The summed E-state index contributed by atoms with van der Waals surface area (Å²) in [6.07, 6.45) is 3.54. The average Bonchev–Trinajstić information content (AvgIpc) is 3.08. The lowest BCUT2D eigenvalue weighted by Gasteiger charge is -2.40. The maximum atomic E-state index is 12.3. The number of aromatic nitrogens is 2. The van der Waals surface area contributed by atoms with Crippen molar-refractivity contribution in [1.82, 2.24) is 14.9 Å². The van der Waals surface area contributed by atoms with E-state index in [1.54, 1.807) is 11.2 Å². The van der Waals surface area contributed by atoms with E-state index in [-0.39, 0.29) is 18.2 Å². The van der Waals surface area contributed by atoms with Crippen LogP contribution in [0.3, 0.4) is 0 Å². The van der Waals surface area contributed by atoms with Crippen LogP contribution in [0.15, 0.2) is 12.4 Å². The standard InChI is InChI=1S/C18H28N4O3/c1-13-11-21(17(23)25-18(2,3)4)7-8-22(13)16-10-14(19-12-20-16)15-6-5-9-24-15/h10,12-13,15H,5-9,11H2,1-4H3/t13-,15?/m0/s1. The van der Waals surface area contributed by atoms with Gasteiger partial charge in [-0.05, 0) is 40.5 Å². The second-order valence-corrected chi connectivity index (χ2v) is 7.77. The van der Waals surface area contributed by atoms with Crippen LogP contribution in [0.2, 0.25) is 0 Å². The first kappa shape index (κ1) is 17.9. The molecule has 2 saturated heterocycles. The van der Waals surface area contributed by atoms with Gasteiger partial charge in [0.1, 0.15) is 17.7 Å². The maximum absolute atomic E-state index is 12.3. The van der Waals surface area contributed by atoms with Crippen LogP contribution in [0.1, 0.15) is 52.3 Å². The van der Waals surface area contributed by atoms with Crippen LogP contribution >= 0.6 is 0 Å². The van der Waals surface area contributed by atoms with Crippen molar-refractivity contribution in [1.29, 1.82) is 0 Å². The number of piperazine rings is 1. The molecule has 138 valence electrons. The van der Waals surface area contributed by atoms with Gasteiger partial charge in [0, 0.05) is 38.3 Å². The number of carbonyl (C=O) groups excluding carboxylic acids is 1. The Hall–Kier alpha value is -1.89. The molecule has 0 bridgehead atoms. The van der Waals surface area contributed by atoms with Crippen molar-refractivity contribution < 1.29 is 14.3 Å². The molecule has 0 spiro atoms. The summed E-state index contributed by atoms with van der Waals surface area (Å²) in [5, 5.41) is 0. The van der Waals surface area contributed by atoms with Crippen LogP contribution in [0, 0.1) is 0 Å². The fourth-order valence-corrected chi connectivity index (χ4v) is 3.30. The molecule has 0 aromatic carbocycles. The topological polar surface area (TPSA) is 67.8 Å². The number of hydrogen-bond acceptors (Lipinski definition) is 6. The van der Waals surface area contributed by atoms with E-state index in [2.05, 4.69) is 21.8 Å². The first-order chi connectivity index (χ1) is 11.8. The molecule has 1 aromatic heterocycles. The molecule has 3 rings (SSSR count). The molecule has 2 atom stereocenters. The minimum atomic E-state index is -0.472. The molecule has 1 amide bonds. The van der Waals surface area contributed by atoms with E-state index in [1.165, 1.54) is 0 Å². The van der Waals surface area contributed by atoms with E-state index in [9.17, 15) is 4.79 Å². The third kappa shape index (κ3) is 4.39. The van der Waals surface area contributed by atoms with Gasteiger partial charge in [-0.2, -0.15) is 0 Å². The van der Waals surface area contributed by atoms with E-state index in [0.29, 0.717) is 13.1 Å². The molecule has 2 aliphatic heterocycles. The lowest BCUT2D eigenvalue weighted by molar-refractivity contribution is 0.0218. The predicted octanol–water partition coefficient (Wildman–Crippen LogP) is 2.77. The summed E-state index contributed by atoms with van der Waals surface area (Å²) in [7, 11) is 0. The van der Waals surface area contributed by atoms with Crippen LogP contribution in [0.4, 0.5) is 10.6 Å². The van der Waals surface area contributed by atoms with Gasteiger partial charge >= 0.3 is 6.09 Å². The number of anilines is 1. The van der Waals surface area contributed by atoms with E-state index < -0.39 is 5.60 Å². The Morgan fingerprint density at radius 3 is 2.76 bits per heavy atom. The number of rotatable bonds is 2. The number of ether oxygens (including phenoxy) is 2. The van der Waals surface area contributed by atoms with Crippen molar-refractivity contribution in [2.75, 3.05) is 31.1 Å². The Kier molecular flexibility index (Phi) is 5.13. The summed E-state index contributed by atoms with van der Waals surface area (Å²) in [5.74, 6) is 0.900. The number of nitrogens with zero attached hydrogens (tertiary/aromatic N) is 4. The molecule has 3 heterocycles. The Morgan fingerprint density at radius 2 is 2.12 bits per heavy atom. The zero-order chi connectivity index (χ0) is 18.0. The lowest BCUT2D eigenvalue weighted by atomic mass is 10.1. The van der Waals surface area contributed by atoms with Crippen LogP contribution in [-0.2, 0) is 9.47 Å². The molecule has 0 radical (unpaired) electrons. The molecule has 0 N–H and O–H groups in total. The summed E-state index contributed by atoms with van der Waals surface area (Å²) >= 11 is 0. The number of carbonyl (C=O) groups is 1. The molecule has 7 heteroatoms. The molecular formula is C18H28N4O3. The molecule has 0 aliphatic carbocycles. The van der Waals surface area contributed by atoms with Gasteiger partial charge < -0.3 is 19.3 Å². The van der Waals surface area contributed by atoms with Crippen molar-refractivity contribution in [3.05, 3.63) is 18.1 Å². The normalized spacial score (nSPS) is 24.5. The van der Waals surface area contributed by atoms with E-state index in [0.717, 1.165) is 37.5 Å². The fraction of sp³-hybridized carbons (Fsp3) is 0.722. The van der Waals surface area contributed by atoms with Crippen LogP contribution in [0.25, 0.3) is 0 Å². The summed E-state index contributed by atoms with van der Waals surface area (Å²) in [5.41, 5.74) is 0.476. The molecule has 2 aliphatic rings. The Morgan fingerprint density at radius 1 is 1.32 bits per heavy atom. The predicted molar refractivity (Wildman–Crippen MR) is 94.6 cm³/mol. The average molecular weight is 348 g/mol. The zero-order valence-electron chi connectivity index (χ0n) is 15.6. The van der Waals surface area contributed by atoms with Gasteiger partial charge in [0.15, 0.2) is 0 Å². The van der Waals surface area contributed by atoms with Crippen molar-refractivity contribution in [3.8, 4) is 0 Å². The van der Waals surface area contributed by atoms with E-state index in [1.807, 2.05) is 26.8 Å². The lowest BCUT2D eigenvalue weighted by Crippen LogP contribution is -2.54. The second-order valence-electron chi connectivity index (χ2n) is 7.77. The van der Waals surface area contributed by atoms with Gasteiger partial charge in [-0.15, -0.1) is 0 Å². The van der Waals surface area contributed by atoms with Gasteiger partial charge in [-0.3, -0.25) is 0 Å². The van der Waals surface area contributed by atoms with Gasteiger partial charge in [0.2, 0.25) is 0 Å². The Balaban J connectivity index is 1.65. The minimum Gasteiger partial charge on any atom is -0.444 e. The van der Waals surface area contributed by atoms with Crippen LogP contribution < -0.4 is 4.90 Å².